The quantitative estimate of drug-likeness (QED) is 0.0144. The van der Waals surface area contributed by atoms with E-state index in [0.29, 0.717) is 118 Å². The number of ether oxygens (including phenoxy) is 7. The van der Waals surface area contributed by atoms with E-state index in [4.69, 9.17) is 34.9 Å². The highest BCUT2D eigenvalue weighted by molar-refractivity contribution is 5.81. The Morgan fingerprint density at radius 1 is 0.569 bits per heavy atom. The first-order chi connectivity index (χ1) is 26.5. The fourth-order valence-electron chi connectivity index (χ4n) is 3.64. The highest BCUT2D eigenvalue weighted by Gasteiger charge is 2.10. The third-order valence-electron chi connectivity index (χ3n) is 6.64. The van der Waals surface area contributed by atoms with E-state index < -0.39 is 5.97 Å². The van der Waals surface area contributed by atoms with Crippen molar-refractivity contribution < 1.29 is 67.3 Å². The molecule has 0 fully saturated rings. The SMILES string of the molecule is C=CC(=O)OC.CCN.CCN(CCC(=O)NCCOCCOCCO)CCC(=O)NCCOCCOCCO.CCN(CCC(=O)OC)CCC(=O)OC.[SiH4].[SiH4].[SiH4]. The van der Waals surface area contributed by atoms with E-state index in [-0.39, 0.29) is 69.9 Å². The van der Waals surface area contributed by atoms with Crippen LogP contribution in [0, 0.1) is 0 Å². The van der Waals surface area contributed by atoms with E-state index >= 15 is 0 Å². The van der Waals surface area contributed by atoms with Gasteiger partial charge < -0.3 is 69.5 Å². The minimum absolute atomic E-state index is 0. The summed E-state index contributed by atoms with van der Waals surface area (Å²) in [6.45, 7) is 17.7. The van der Waals surface area contributed by atoms with Crippen molar-refractivity contribution in [2.75, 3.05) is 146 Å². The van der Waals surface area contributed by atoms with Gasteiger partial charge in [0.15, 0.2) is 0 Å². The number of aliphatic hydroxyl groups excluding tert-OH is 2. The molecule has 0 rings (SSSR count). The Morgan fingerprint density at radius 3 is 1.12 bits per heavy atom. The van der Waals surface area contributed by atoms with Crippen LogP contribution in [0.3, 0.4) is 0 Å². The third kappa shape index (κ3) is 60.1. The Kier molecular flexibility index (Phi) is 70.8. The number of carbonyl (C=O) groups is 5. The third-order valence-corrected chi connectivity index (χ3v) is 6.64. The molecule has 6 N–H and O–H groups in total. The van der Waals surface area contributed by atoms with Crippen LogP contribution < -0.4 is 16.4 Å². The zero-order valence-corrected chi connectivity index (χ0v) is 34.3. The van der Waals surface area contributed by atoms with Crippen LogP contribution in [-0.2, 0) is 57.1 Å². The lowest BCUT2D eigenvalue weighted by Crippen LogP contribution is -2.35. The van der Waals surface area contributed by atoms with Gasteiger partial charge >= 0.3 is 17.9 Å². The Bertz CT molecular complexity index is 879. The molecule has 0 unspecified atom stereocenters. The number of aliphatic hydroxyl groups is 2. The largest absolute Gasteiger partial charge is 0.469 e. The van der Waals surface area contributed by atoms with Crippen LogP contribution in [0.1, 0.15) is 46.5 Å². The number of hydrogen-bond donors (Lipinski definition) is 5. The first-order valence-corrected chi connectivity index (χ1v) is 18.5. The topological polar surface area (TPSA) is 247 Å². The predicted octanol–water partition coefficient (Wildman–Crippen LogP) is -5.24. The Labute approximate surface area is 360 Å². The second-order valence-corrected chi connectivity index (χ2v) is 10.8. The van der Waals surface area contributed by atoms with Gasteiger partial charge in [-0.3, -0.25) is 19.2 Å². The predicted molar refractivity (Wildman–Crippen MR) is 241 cm³/mol. The molecular formula is C36H85N5O14Si3. The second kappa shape index (κ2) is 58.7. The minimum Gasteiger partial charge on any atom is -0.469 e. The monoisotopic (exact) mass is 896 g/mol. The van der Waals surface area contributed by atoms with E-state index in [1.54, 1.807) is 0 Å². The first kappa shape index (κ1) is 70.0. The molecule has 0 spiro atoms. The van der Waals surface area contributed by atoms with E-state index in [9.17, 15) is 24.0 Å². The Morgan fingerprint density at radius 2 is 0.879 bits per heavy atom. The van der Waals surface area contributed by atoms with Crippen LogP contribution >= 0.6 is 0 Å². The number of methoxy groups -OCH3 is 3. The molecule has 0 aliphatic rings. The second-order valence-electron chi connectivity index (χ2n) is 10.8. The summed E-state index contributed by atoms with van der Waals surface area (Å²) in [6.07, 6.45) is 2.54. The van der Waals surface area contributed by atoms with Gasteiger partial charge in [-0.15, -0.1) is 0 Å². The number of esters is 3. The normalized spacial score (nSPS) is 9.57. The molecule has 0 atom stereocenters. The molecule has 0 heterocycles. The summed E-state index contributed by atoms with van der Waals surface area (Å²) in [5, 5.41) is 22.7. The van der Waals surface area contributed by atoms with Crippen molar-refractivity contribution in [2.45, 2.75) is 46.5 Å². The summed E-state index contributed by atoms with van der Waals surface area (Å²) in [6, 6.07) is 0. The molecule has 19 nitrogen and oxygen atoms in total. The smallest absolute Gasteiger partial charge is 0.329 e. The molecule has 0 aromatic rings. The highest BCUT2D eigenvalue weighted by Crippen LogP contribution is 1.97. The summed E-state index contributed by atoms with van der Waals surface area (Å²) in [7, 11) is 4.05. The van der Waals surface area contributed by atoms with Crippen molar-refractivity contribution in [2.24, 2.45) is 5.73 Å². The number of nitrogens with one attached hydrogen (secondary N) is 2. The van der Waals surface area contributed by atoms with E-state index in [1.165, 1.54) is 21.3 Å². The zero-order chi connectivity index (χ0) is 42.4. The summed E-state index contributed by atoms with van der Waals surface area (Å²) in [5.74, 6) is -0.959. The lowest BCUT2D eigenvalue weighted by atomic mass is 10.3. The molecule has 0 bridgehead atoms. The number of amides is 2. The molecular weight excluding hydrogens is 811 g/mol. The summed E-state index contributed by atoms with van der Waals surface area (Å²) in [5.41, 5.74) is 4.85. The molecule has 0 aromatic heterocycles. The molecule has 0 saturated heterocycles. The Balaban J connectivity index is -0.000000160. The van der Waals surface area contributed by atoms with Gasteiger partial charge in [-0.25, -0.2) is 4.79 Å². The number of nitrogens with two attached hydrogens (primary N) is 1. The van der Waals surface area contributed by atoms with Gasteiger partial charge in [0.25, 0.3) is 0 Å². The highest BCUT2D eigenvalue weighted by atomic mass is 28.1. The van der Waals surface area contributed by atoms with Crippen molar-refractivity contribution >= 4 is 62.6 Å². The molecule has 350 valence electrons. The fraction of sp³-hybridized carbons (Fsp3) is 0.806. The van der Waals surface area contributed by atoms with Gasteiger partial charge in [-0.2, -0.15) is 0 Å². The lowest BCUT2D eigenvalue weighted by Gasteiger charge is -2.19. The molecule has 0 saturated carbocycles. The minimum atomic E-state index is -0.394. The maximum Gasteiger partial charge on any atom is 0.329 e. The number of carbonyl (C=O) groups excluding carboxylic acids is 5. The van der Waals surface area contributed by atoms with Crippen molar-refractivity contribution in [3.05, 3.63) is 12.7 Å². The summed E-state index contributed by atoms with van der Waals surface area (Å²) in [4.78, 5) is 59.5. The van der Waals surface area contributed by atoms with Crippen LogP contribution in [0.4, 0.5) is 0 Å². The Hall–Kier alpha value is -2.62. The van der Waals surface area contributed by atoms with Crippen LogP contribution in [0.25, 0.3) is 0 Å². The van der Waals surface area contributed by atoms with Crippen molar-refractivity contribution in [3.8, 4) is 0 Å². The van der Waals surface area contributed by atoms with Gasteiger partial charge in [-0.05, 0) is 52.5 Å². The van der Waals surface area contributed by atoms with Crippen LogP contribution in [-0.4, -0.2) is 229 Å². The van der Waals surface area contributed by atoms with E-state index in [2.05, 4.69) is 36.3 Å². The molecule has 0 aliphatic carbocycles. The van der Waals surface area contributed by atoms with Crippen molar-refractivity contribution in [1.29, 1.82) is 0 Å². The lowest BCUT2D eigenvalue weighted by molar-refractivity contribution is -0.141. The summed E-state index contributed by atoms with van der Waals surface area (Å²) < 4.78 is 34.0. The van der Waals surface area contributed by atoms with Crippen molar-refractivity contribution in [1.82, 2.24) is 20.4 Å². The summed E-state index contributed by atoms with van der Waals surface area (Å²) >= 11 is 0. The maximum absolute atomic E-state index is 11.9. The van der Waals surface area contributed by atoms with Gasteiger partial charge in [-0.1, -0.05) is 27.4 Å². The number of rotatable bonds is 31. The van der Waals surface area contributed by atoms with Gasteiger partial charge in [0.05, 0.1) is 100 Å². The van der Waals surface area contributed by atoms with Crippen molar-refractivity contribution in [3.63, 3.8) is 0 Å². The molecule has 22 heteroatoms. The molecule has 0 aliphatic heterocycles. The van der Waals surface area contributed by atoms with Gasteiger partial charge in [0.1, 0.15) is 0 Å². The van der Waals surface area contributed by atoms with Crippen LogP contribution in [0.5, 0.6) is 0 Å². The van der Waals surface area contributed by atoms with E-state index in [0.717, 1.165) is 25.7 Å². The van der Waals surface area contributed by atoms with Gasteiger partial charge in [0, 0.05) is 58.2 Å². The number of nitrogens with zero attached hydrogens (tertiary/aromatic N) is 2. The molecule has 0 radical (unpaired) electrons. The maximum atomic E-state index is 11.9. The molecule has 0 aromatic carbocycles. The zero-order valence-electron chi connectivity index (χ0n) is 34.3. The average molecular weight is 896 g/mol. The first-order valence-electron chi connectivity index (χ1n) is 18.5. The van der Waals surface area contributed by atoms with E-state index in [1.807, 2.05) is 25.7 Å². The standard InChI is InChI=1S/C20H41N3O8.C10H19NO4.C4H6O2.C2H7N.3H4Si/c1-2-23(7-3-19(26)21-5-11-28-15-17-30-13-9-24)8-4-20(27)22-6-12-29-16-18-31-14-10-25;1-4-11(7-5-9(12)14-2)8-6-10(13)15-3;1-3-4(5)6-2;1-2-3;;;/h24-25H,2-18H2,1H3,(H,21,26)(H,22,27);4-8H2,1-3H3;3H,1H2,2H3;2-3H2,1H3;3*1H4. The van der Waals surface area contributed by atoms with Gasteiger partial charge in [0.2, 0.25) is 11.8 Å². The molecule has 58 heavy (non-hydrogen) atoms. The number of hydrogen-bond acceptors (Lipinski definition) is 17. The average Bonchev–Trinajstić information content (AvgIpc) is 3.20. The van der Waals surface area contributed by atoms with Crippen LogP contribution in [0.15, 0.2) is 12.7 Å². The fourth-order valence-corrected chi connectivity index (χ4v) is 3.64. The molecule has 2 amide bonds. The van der Waals surface area contributed by atoms with Crippen LogP contribution in [0.2, 0.25) is 0 Å².